The smallest absolute Gasteiger partial charge is 0.224 e. The third kappa shape index (κ3) is 3.96. The van der Waals surface area contributed by atoms with Gasteiger partial charge in [0.1, 0.15) is 11.5 Å². The highest BCUT2D eigenvalue weighted by molar-refractivity contribution is 6.28. The maximum atomic E-state index is 14.4. The zero-order chi connectivity index (χ0) is 20.5. The van der Waals surface area contributed by atoms with Gasteiger partial charge in [0.2, 0.25) is 11.7 Å². The van der Waals surface area contributed by atoms with Crippen LogP contribution in [-0.2, 0) is 10.5 Å². The summed E-state index contributed by atoms with van der Waals surface area (Å²) in [5, 5.41) is 8.02. The van der Waals surface area contributed by atoms with Gasteiger partial charge < -0.3 is 5.32 Å². The molecule has 1 N–H and O–H groups in total. The number of hydrogen-bond donors (Lipinski definition) is 1. The first kappa shape index (κ1) is 20.1. The van der Waals surface area contributed by atoms with Gasteiger partial charge in [-0.3, -0.25) is 4.79 Å². The number of nitrogens with one attached hydrogen (secondary N) is 1. The summed E-state index contributed by atoms with van der Waals surface area (Å²) < 4.78 is 16.0. The third-order valence-electron chi connectivity index (χ3n) is 4.28. The summed E-state index contributed by atoms with van der Waals surface area (Å²) in [6.07, 6.45) is 4.37. The first-order chi connectivity index (χ1) is 13.4. The molecule has 1 aliphatic carbocycles. The van der Waals surface area contributed by atoms with Crippen molar-refractivity contribution in [1.29, 1.82) is 0 Å². The summed E-state index contributed by atoms with van der Waals surface area (Å²) in [7, 11) is 0. The van der Waals surface area contributed by atoms with Gasteiger partial charge in [0.25, 0.3) is 0 Å². The highest BCUT2D eigenvalue weighted by atomic mass is 35.5. The number of fused-ring (bicyclic) bond motifs is 1. The van der Waals surface area contributed by atoms with E-state index >= 15 is 0 Å². The Bertz CT molecular complexity index is 1010. The van der Waals surface area contributed by atoms with Crippen LogP contribution in [0.1, 0.15) is 57.8 Å². The molecule has 1 amide bonds. The van der Waals surface area contributed by atoms with Crippen molar-refractivity contribution in [2.75, 3.05) is 5.32 Å². The van der Waals surface area contributed by atoms with Crippen molar-refractivity contribution in [2.45, 2.75) is 52.1 Å². The highest BCUT2D eigenvalue weighted by Gasteiger charge is 2.30. The molecule has 0 bridgehead atoms. The van der Waals surface area contributed by atoms with Crippen LogP contribution in [0.25, 0.3) is 16.7 Å². The molecule has 28 heavy (non-hydrogen) atoms. The number of hydrogen-bond acceptors (Lipinski definition) is 5. The molecule has 1 fully saturated rings. The molecule has 0 atom stereocenters. The normalized spacial score (nSPS) is 13.8. The minimum absolute atomic E-state index is 0.0554. The average Bonchev–Trinajstić information content (AvgIpc) is 3.43. The molecule has 0 radical (unpaired) electrons. The Labute approximate surface area is 167 Å². The lowest BCUT2D eigenvalue weighted by Crippen LogP contribution is -2.14. The van der Waals surface area contributed by atoms with Crippen LogP contribution in [0, 0.1) is 0 Å². The van der Waals surface area contributed by atoms with E-state index in [0.717, 1.165) is 23.9 Å². The minimum atomic E-state index is -1.67. The second kappa shape index (κ2) is 7.79. The number of alkyl halides is 1. The van der Waals surface area contributed by atoms with Crippen molar-refractivity contribution in [3.63, 3.8) is 0 Å². The highest BCUT2D eigenvalue weighted by Crippen LogP contribution is 2.43. The number of rotatable bonds is 5. The Balaban J connectivity index is 0.00000109. The lowest BCUT2D eigenvalue weighted by atomic mass is 10.1. The Morgan fingerprint density at radius 3 is 2.61 bits per heavy atom. The molecule has 7 nitrogen and oxygen atoms in total. The lowest BCUT2D eigenvalue weighted by Gasteiger charge is -2.14. The van der Waals surface area contributed by atoms with E-state index in [1.165, 1.54) is 19.9 Å². The number of halogens is 2. The van der Waals surface area contributed by atoms with Crippen LogP contribution < -0.4 is 5.32 Å². The van der Waals surface area contributed by atoms with Gasteiger partial charge in [-0.15, -0.1) is 0 Å². The molecule has 1 aliphatic rings. The van der Waals surface area contributed by atoms with Crippen LogP contribution in [0.3, 0.4) is 0 Å². The van der Waals surface area contributed by atoms with Crippen molar-refractivity contribution >= 4 is 34.7 Å². The minimum Gasteiger partial charge on any atom is -0.313 e. The van der Waals surface area contributed by atoms with E-state index in [0.29, 0.717) is 29.5 Å². The topological polar surface area (TPSA) is 85.6 Å². The van der Waals surface area contributed by atoms with E-state index < -0.39 is 5.67 Å². The van der Waals surface area contributed by atoms with Gasteiger partial charge in [-0.1, -0.05) is 13.8 Å². The second-order valence-corrected chi connectivity index (χ2v) is 7.11. The number of nitrogens with zero attached hydrogens (tertiary/aromatic N) is 5. The predicted octanol–water partition coefficient (Wildman–Crippen LogP) is 4.54. The Kier molecular flexibility index (Phi) is 5.60. The molecule has 148 valence electrons. The zero-order valence-corrected chi connectivity index (χ0v) is 17.0. The molecule has 3 aromatic heterocycles. The Morgan fingerprint density at radius 2 is 2.00 bits per heavy atom. The van der Waals surface area contributed by atoms with E-state index in [2.05, 4.69) is 25.4 Å². The number of aromatic nitrogens is 5. The monoisotopic (exact) mass is 404 g/mol. The van der Waals surface area contributed by atoms with E-state index in [9.17, 15) is 9.18 Å². The summed E-state index contributed by atoms with van der Waals surface area (Å²) in [4.78, 5) is 23.2. The quantitative estimate of drug-likeness (QED) is 0.498. The van der Waals surface area contributed by atoms with Crippen molar-refractivity contribution in [3.8, 4) is 5.82 Å². The average molecular weight is 405 g/mol. The first-order valence-corrected chi connectivity index (χ1v) is 9.58. The van der Waals surface area contributed by atoms with Gasteiger partial charge in [0.05, 0.1) is 16.9 Å². The van der Waals surface area contributed by atoms with Crippen molar-refractivity contribution in [3.05, 3.63) is 35.0 Å². The fourth-order valence-electron chi connectivity index (χ4n) is 2.82. The molecule has 3 aromatic rings. The number of carbonyl (C=O) groups excluding carboxylic acids is 1. The molecule has 0 saturated heterocycles. The van der Waals surface area contributed by atoms with Crippen molar-refractivity contribution in [1.82, 2.24) is 24.7 Å². The Hall–Kier alpha value is -2.61. The van der Waals surface area contributed by atoms with Crippen molar-refractivity contribution < 1.29 is 9.18 Å². The number of anilines is 1. The van der Waals surface area contributed by atoms with Crippen LogP contribution in [0.15, 0.2) is 18.3 Å². The lowest BCUT2D eigenvalue weighted by molar-refractivity contribution is -0.105. The largest absolute Gasteiger partial charge is 0.313 e. The summed E-state index contributed by atoms with van der Waals surface area (Å²) in [6.45, 7) is 6.81. The first-order valence-electron chi connectivity index (χ1n) is 9.20. The van der Waals surface area contributed by atoms with Crippen LogP contribution in [0.4, 0.5) is 10.2 Å². The van der Waals surface area contributed by atoms with Gasteiger partial charge in [0.15, 0.2) is 5.82 Å². The van der Waals surface area contributed by atoms with Gasteiger partial charge in [-0.05, 0) is 38.3 Å². The summed E-state index contributed by atoms with van der Waals surface area (Å²) >= 11 is 6.02. The molecular weight excluding hydrogens is 383 g/mol. The molecule has 4 rings (SSSR count). The molecule has 0 aliphatic heterocycles. The standard InChI is InChI=1S/C17H16ClFN6O.C2H6/c1-17(2,19)12-6-14(23-16(18)22-12)25-11-5-13(21-8-26)20-7-10(11)15(24-25)9-3-4-9;1-2/h5-9H,3-4H2,1-2H3,(H,20,21,26);1-2H3. The summed E-state index contributed by atoms with van der Waals surface area (Å²) in [6, 6.07) is 3.24. The fraction of sp³-hybridized carbons (Fsp3) is 0.421. The van der Waals surface area contributed by atoms with Crippen LogP contribution in [0.2, 0.25) is 5.28 Å². The number of pyridine rings is 1. The van der Waals surface area contributed by atoms with E-state index in [1.54, 1.807) is 16.9 Å². The predicted molar refractivity (Wildman–Crippen MR) is 107 cm³/mol. The van der Waals surface area contributed by atoms with Crippen LogP contribution >= 0.6 is 11.6 Å². The van der Waals surface area contributed by atoms with Gasteiger partial charge in [-0.25, -0.2) is 19.0 Å². The molecular formula is C19H22ClFN6O. The number of carbonyl (C=O) groups is 1. The van der Waals surface area contributed by atoms with E-state index in [1.807, 2.05) is 13.8 Å². The Morgan fingerprint density at radius 1 is 1.29 bits per heavy atom. The fourth-order valence-corrected chi connectivity index (χ4v) is 3.00. The molecule has 3 heterocycles. The van der Waals surface area contributed by atoms with Gasteiger partial charge in [0, 0.05) is 29.6 Å². The third-order valence-corrected chi connectivity index (χ3v) is 4.45. The van der Waals surface area contributed by atoms with Gasteiger partial charge in [-0.2, -0.15) is 10.1 Å². The molecule has 0 unspecified atom stereocenters. The summed E-state index contributed by atoms with van der Waals surface area (Å²) in [5.41, 5.74) is 0.129. The summed E-state index contributed by atoms with van der Waals surface area (Å²) in [5.74, 6) is 1.13. The molecule has 1 saturated carbocycles. The van der Waals surface area contributed by atoms with Crippen LogP contribution in [-0.4, -0.2) is 31.1 Å². The van der Waals surface area contributed by atoms with Gasteiger partial charge >= 0.3 is 0 Å². The second-order valence-electron chi connectivity index (χ2n) is 6.77. The molecule has 0 aromatic carbocycles. The van der Waals surface area contributed by atoms with E-state index in [4.69, 9.17) is 11.6 Å². The molecule has 0 spiro atoms. The SMILES string of the molecule is CC.CC(C)(F)c1cc(-n2nc(C3CC3)c3cnc(NC=O)cc32)nc(Cl)n1. The maximum absolute atomic E-state index is 14.4. The van der Waals surface area contributed by atoms with E-state index in [-0.39, 0.29) is 11.0 Å². The molecule has 9 heteroatoms. The maximum Gasteiger partial charge on any atom is 0.224 e. The zero-order valence-electron chi connectivity index (χ0n) is 16.2. The number of amides is 1. The van der Waals surface area contributed by atoms with Crippen molar-refractivity contribution in [2.24, 2.45) is 0 Å². The van der Waals surface area contributed by atoms with Crippen LogP contribution in [0.5, 0.6) is 0 Å².